The molecule has 0 bridgehead atoms. The first-order valence-corrected chi connectivity index (χ1v) is 7.04. The van der Waals surface area contributed by atoms with Gasteiger partial charge in [-0.1, -0.05) is 5.16 Å². The molecular weight excluding hydrogens is 293 g/mol. The van der Waals surface area contributed by atoms with E-state index in [9.17, 15) is 9.50 Å². The highest BCUT2D eigenvalue weighted by Gasteiger charge is 2.10. The molecule has 3 rings (SSSR count). The Kier molecular flexibility index (Phi) is 3.83. The molecule has 3 aromatic rings. The van der Waals surface area contributed by atoms with Crippen LogP contribution in [0.25, 0.3) is 11.5 Å². The van der Waals surface area contributed by atoms with E-state index in [0.717, 1.165) is 4.90 Å². The van der Waals surface area contributed by atoms with Crippen molar-refractivity contribution in [2.24, 2.45) is 0 Å². The minimum atomic E-state index is -0.266. The molecule has 21 heavy (non-hydrogen) atoms. The van der Waals surface area contributed by atoms with E-state index >= 15 is 0 Å². The Morgan fingerprint density at radius 3 is 2.76 bits per heavy atom. The number of halogens is 1. The van der Waals surface area contributed by atoms with Crippen LogP contribution in [0.15, 0.2) is 52.1 Å². The van der Waals surface area contributed by atoms with Crippen molar-refractivity contribution < 1.29 is 14.0 Å². The van der Waals surface area contributed by atoms with E-state index in [2.05, 4.69) is 15.1 Å². The molecule has 0 spiro atoms. The lowest BCUT2D eigenvalue weighted by atomic mass is 10.3. The Balaban J connectivity index is 1.69. The standard InChI is InChI=1S/C14H10FN3O2S/c15-10-1-3-12(4-2-10)21-8-13-17-14(20-18-13)9-5-11(19)7-16-6-9/h1-7,19H,8H2. The van der Waals surface area contributed by atoms with Crippen LogP contribution < -0.4 is 0 Å². The van der Waals surface area contributed by atoms with Gasteiger partial charge in [-0.2, -0.15) is 4.98 Å². The van der Waals surface area contributed by atoms with Gasteiger partial charge in [-0.3, -0.25) is 4.98 Å². The Labute approximate surface area is 123 Å². The summed E-state index contributed by atoms with van der Waals surface area (Å²) in [6.07, 6.45) is 2.86. The Morgan fingerprint density at radius 1 is 1.19 bits per heavy atom. The van der Waals surface area contributed by atoms with Crippen molar-refractivity contribution in [2.75, 3.05) is 0 Å². The van der Waals surface area contributed by atoms with Crippen molar-refractivity contribution in [1.29, 1.82) is 0 Å². The zero-order valence-corrected chi connectivity index (χ0v) is 11.5. The smallest absolute Gasteiger partial charge is 0.259 e. The van der Waals surface area contributed by atoms with Crippen LogP contribution in [-0.4, -0.2) is 20.2 Å². The van der Waals surface area contributed by atoms with Crippen LogP contribution >= 0.6 is 11.8 Å². The summed E-state index contributed by atoms with van der Waals surface area (Å²) in [4.78, 5) is 9.00. The van der Waals surface area contributed by atoms with Crippen molar-refractivity contribution in [1.82, 2.24) is 15.1 Å². The monoisotopic (exact) mass is 303 g/mol. The van der Waals surface area contributed by atoms with Gasteiger partial charge in [0.25, 0.3) is 5.89 Å². The summed E-state index contributed by atoms with van der Waals surface area (Å²) in [5.41, 5.74) is 0.556. The van der Waals surface area contributed by atoms with Gasteiger partial charge in [-0.15, -0.1) is 11.8 Å². The number of aromatic nitrogens is 3. The van der Waals surface area contributed by atoms with E-state index in [0.29, 0.717) is 23.0 Å². The Hall–Kier alpha value is -2.41. The number of hydrogen-bond donors (Lipinski definition) is 1. The molecule has 0 radical (unpaired) electrons. The van der Waals surface area contributed by atoms with E-state index < -0.39 is 0 Å². The van der Waals surface area contributed by atoms with Crippen LogP contribution in [0.3, 0.4) is 0 Å². The highest BCUT2D eigenvalue weighted by molar-refractivity contribution is 7.98. The SMILES string of the molecule is Oc1cncc(-c2nc(CSc3ccc(F)cc3)no2)c1. The minimum Gasteiger partial charge on any atom is -0.506 e. The second-order valence-electron chi connectivity index (χ2n) is 4.19. The van der Waals surface area contributed by atoms with Gasteiger partial charge in [0.15, 0.2) is 5.82 Å². The summed E-state index contributed by atoms with van der Waals surface area (Å²) in [7, 11) is 0. The molecule has 1 aromatic carbocycles. The molecule has 5 nitrogen and oxygen atoms in total. The fourth-order valence-electron chi connectivity index (χ4n) is 1.65. The highest BCUT2D eigenvalue weighted by atomic mass is 32.2. The molecule has 0 unspecified atom stereocenters. The molecule has 0 saturated carbocycles. The maximum atomic E-state index is 12.8. The number of rotatable bonds is 4. The van der Waals surface area contributed by atoms with Gasteiger partial charge in [-0.05, 0) is 30.3 Å². The van der Waals surface area contributed by atoms with Gasteiger partial charge in [0.1, 0.15) is 11.6 Å². The molecule has 106 valence electrons. The van der Waals surface area contributed by atoms with Gasteiger partial charge in [0, 0.05) is 11.1 Å². The van der Waals surface area contributed by atoms with Crippen LogP contribution in [0, 0.1) is 5.82 Å². The van der Waals surface area contributed by atoms with Crippen molar-refractivity contribution in [3.05, 3.63) is 54.4 Å². The molecule has 0 fully saturated rings. The summed E-state index contributed by atoms with van der Waals surface area (Å²) in [5, 5.41) is 13.2. The molecule has 0 amide bonds. The van der Waals surface area contributed by atoms with E-state index in [1.54, 1.807) is 12.1 Å². The fraction of sp³-hybridized carbons (Fsp3) is 0.0714. The second-order valence-corrected chi connectivity index (χ2v) is 5.24. The molecule has 1 N–H and O–H groups in total. The number of pyridine rings is 1. The van der Waals surface area contributed by atoms with E-state index in [4.69, 9.17) is 4.52 Å². The largest absolute Gasteiger partial charge is 0.506 e. The topological polar surface area (TPSA) is 72.0 Å². The molecule has 0 aliphatic heterocycles. The number of benzene rings is 1. The quantitative estimate of drug-likeness (QED) is 0.746. The lowest BCUT2D eigenvalue weighted by molar-refractivity contribution is 0.424. The van der Waals surface area contributed by atoms with Crippen LogP contribution in [0.1, 0.15) is 5.82 Å². The summed E-state index contributed by atoms with van der Waals surface area (Å²) in [6, 6.07) is 7.70. The number of thioether (sulfide) groups is 1. The molecule has 2 heterocycles. The molecule has 0 aliphatic rings. The Morgan fingerprint density at radius 2 is 2.00 bits per heavy atom. The zero-order chi connectivity index (χ0) is 14.7. The third-order valence-electron chi connectivity index (χ3n) is 2.62. The summed E-state index contributed by atoms with van der Waals surface area (Å²) in [6.45, 7) is 0. The molecule has 7 heteroatoms. The fourth-order valence-corrected chi connectivity index (χ4v) is 2.39. The van der Waals surface area contributed by atoms with E-state index in [1.807, 2.05) is 0 Å². The van der Waals surface area contributed by atoms with Crippen molar-refractivity contribution in [3.8, 4) is 17.2 Å². The third-order valence-corrected chi connectivity index (χ3v) is 3.63. The van der Waals surface area contributed by atoms with Crippen LogP contribution in [0.2, 0.25) is 0 Å². The average Bonchev–Trinajstić information content (AvgIpc) is 2.96. The van der Waals surface area contributed by atoms with Crippen molar-refractivity contribution >= 4 is 11.8 Å². The first kappa shape index (κ1) is 13.6. The maximum absolute atomic E-state index is 12.8. The summed E-state index contributed by atoms with van der Waals surface area (Å²) < 4.78 is 17.9. The summed E-state index contributed by atoms with van der Waals surface area (Å²) >= 11 is 1.48. The van der Waals surface area contributed by atoms with Gasteiger partial charge in [0.05, 0.1) is 17.5 Å². The highest BCUT2D eigenvalue weighted by Crippen LogP contribution is 2.24. The van der Waals surface area contributed by atoms with Gasteiger partial charge in [0.2, 0.25) is 0 Å². The molecule has 2 aromatic heterocycles. The number of aromatic hydroxyl groups is 1. The van der Waals surface area contributed by atoms with E-state index in [1.165, 1.54) is 42.4 Å². The average molecular weight is 303 g/mol. The van der Waals surface area contributed by atoms with Gasteiger partial charge in [-0.25, -0.2) is 4.39 Å². The van der Waals surface area contributed by atoms with Crippen LogP contribution in [-0.2, 0) is 5.75 Å². The number of nitrogens with zero attached hydrogens (tertiary/aromatic N) is 3. The minimum absolute atomic E-state index is 0.0351. The third kappa shape index (κ3) is 3.38. The molecule has 0 aliphatic carbocycles. The van der Waals surface area contributed by atoms with Crippen LogP contribution in [0.4, 0.5) is 4.39 Å². The first-order valence-electron chi connectivity index (χ1n) is 6.06. The van der Waals surface area contributed by atoms with E-state index in [-0.39, 0.29) is 11.6 Å². The lowest BCUT2D eigenvalue weighted by Crippen LogP contribution is -1.85. The predicted octanol–water partition coefficient (Wildman–Crippen LogP) is 3.27. The van der Waals surface area contributed by atoms with Gasteiger partial charge >= 0.3 is 0 Å². The zero-order valence-electron chi connectivity index (χ0n) is 10.7. The summed E-state index contributed by atoms with van der Waals surface area (Å²) in [5.74, 6) is 1.09. The van der Waals surface area contributed by atoms with Crippen molar-refractivity contribution in [3.63, 3.8) is 0 Å². The second kappa shape index (κ2) is 5.92. The number of hydrogen-bond acceptors (Lipinski definition) is 6. The van der Waals surface area contributed by atoms with Crippen LogP contribution in [0.5, 0.6) is 5.75 Å². The normalized spacial score (nSPS) is 10.7. The van der Waals surface area contributed by atoms with Gasteiger partial charge < -0.3 is 9.63 Å². The predicted molar refractivity (Wildman–Crippen MR) is 75.2 cm³/mol. The molecule has 0 atom stereocenters. The molecule has 0 saturated heterocycles. The Bertz CT molecular complexity index is 746. The van der Waals surface area contributed by atoms with Crippen molar-refractivity contribution in [2.45, 2.75) is 10.6 Å². The molecular formula is C14H10FN3O2S. The lowest BCUT2D eigenvalue weighted by Gasteiger charge is -1.97. The maximum Gasteiger partial charge on any atom is 0.259 e. The first-order chi connectivity index (χ1) is 10.2.